The molecule has 0 aliphatic carbocycles. The zero-order valence-corrected chi connectivity index (χ0v) is 16.8. The Morgan fingerprint density at radius 2 is 1.96 bits per heavy atom. The van der Waals surface area contributed by atoms with Crippen molar-refractivity contribution in [3.05, 3.63) is 58.0 Å². The summed E-state index contributed by atoms with van der Waals surface area (Å²) in [7, 11) is 0. The summed E-state index contributed by atoms with van der Waals surface area (Å²) < 4.78 is 18.3. The zero-order valence-electron chi connectivity index (χ0n) is 15.2. The monoisotopic (exact) mass is 417 g/mol. The first-order valence-electron chi connectivity index (χ1n) is 9.06. The molecule has 4 rings (SSSR count). The highest BCUT2D eigenvalue weighted by Crippen LogP contribution is 2.31. The molecule has 0 atom stereocenters. The van der Waals surface area contributed by atoms with Crippen LogP contribution in [-0.4, -0.2) is 42.1 Å². The molecule has 0 bridgehead atoms. The highest BCUT2D eigenvalue weighted by atomic mass is 32.1. The summed E-state index contributed by atoms with van der Waals surface area (Å²) in [5.41, 5.74) is 1.90. The molecular weight excluding hydrogens is 397 g/mol. The zero-order chi connectivity index (χ0) is 19.3. The molecule has 146 valence electrons. The van der Waals surface area contributed by atoms with Gasteiger partial charge in [-0.25, -0.2) is 9.37 Å². The van der Waals surface area contributed by atoms with Gasteiger partial charge >= 0.3 is 0 Å². The summed E-state index contributed by atoms with van der Waals surface area (Å²) >= 11 is 3.14. The van der Waals surface area contributed by atoms with Crippen LogP contribution in [0.5, 0.6) is 0 Å². The van der Waals surface area contributed by atoms with Crippen LogP contribution in [0.15, 0.2) is 41.8 Å². The molecule has 2 aromatic heterocycles. The third-order valence-electron chi connectivity index (χ3n) is 4.46. The maximum atomic E-state index is 13.0. The van der Waals surface area contributed by atoms with Crippen molar-refractivity contribution in [1.82, 2.24) is 9.88 Å². The fourth-order valence-electron chi connectivity index (χ4n) is 2.93. The van der Waals surface area contributed by atoms with Crippen molar-refractivity contribution in [2.24, 2.45) is 0 Å². The van der Waals surface area contributed by atoms with Crippen molar-refractivity contribution in [3.8, 4) is 10.6 Å². The van der Waals surface area contributed by atoms with E-state index in [2.05, 4.69) is 10.3 Å². The Balaban J connectivity index is 1.35. The van der Waals surface area contributed by atoms with Crippen LogP contribution in [0.4, 0.5) is 9.52 Å². The number of anilines is 1. The molecule has 1 aliphatic heterocycles. The molecule has 28 heavy (non-hydrogen) atoms. The molecule has 0 spiro atoms. The lowest BCUT2D eigenvalue weighted by Gasteiger charge is -2.26. The van der Waals surface area contributed by atoms with Crippen LogP contribution in [0, 0.1) is 5.82 Å². The Kier molecular flexibility index (Phi) is 5.99. The molecule has 5 nitrogen and oxygen atoms in total. The van der Waals surface area contributed by atoms with Crippen molar-refractivity contribution in [3.63, 3.8) is 0 Å². The number of ether oxygens (including phenoxy) is 1. The minimum atomic E-state index is -0.235. The van der Waals surface area contributed by atoms with Crippen LogP contribution >= 0.6 is 22.7 Å². The lowest BCUT2D eigenvalue weighted by molar-refractivity contribution is -0.134. The number of thiazole rings is 1. The van der Waals surface area contributed by atoms with Gasteiger partial charge in [0, 0.05) is 29.9 Å². The van der Waals surface area contributed by atoms with Gasteiger partial charge in [-0.2, -0.15) is 0 Å². The van der Waals surface area contributed by atoms with Crippen molar-refractivity contribution in [2.75, 3.05) is 31.6 Å². The van der Waals surface area contributed by atoms with E-state index in [0.717, 1.165) is 26.1 Å². The third kappa shape index (κ3) is 4.76. The van der Waals surface area contributed by atoms with E-state index in [0.29, 0.717) is 39.3 Å². The van der Waals surface area contributed by atoms with Crippen LogP contribution in [0.25, 0.3) is 10.6 Å². The Morgan fingerprint density at radius 1 is 1.18 bits per heavy atom. The smallest absolute Gasteiger partial charge is 0.227 e. The van der Waals surface area contributed by atoms with E-state index in [1.54, 1.807) is 23.5 Å². The lowest BCUT2D eigenvalue weighted by atomic mass is 10.2. The SMILES string of the molecule is O=C(Cc1ccc(-c2csc(NCc3ccc(F)cc3)n2)s1)N1CCOCC1. The van der Waals surface area contributed by atoms with Crippen LogP contribution in [-0.2, 0) is 22.5 Å². The van der Waals surface area contributed by atoms with E-state index in [9.17, 15) is 9.18 Å². The number of hydrogen-bond acceptors (Lipinski definition) is 6. The second-order valence-electron chi connectivity index (χ2n) is 6.45. The van der Waals surface area contributed by atoms with Gasteiger partial charge in [0.25, 0.3) is 0 Å². The summed E-state index contributed by atoms with van der Waals surface area (Å²) in [5, 5.41) is 6.09. The van der Waals surface area contributed by atoms with Crippen molar-refractivity contribution >= 4 is 33.7 Å². The molecule has 0 saturated carbocycles. The van der Waals surface area contributed by atoms with Gasteiger partial charge in [0.15, 0.2) is 5.13 Å². The molecule has 8 heteroatoms. The first-order valence-corrected chi connectivity index (χ1v) is 10.8. The molecule has 0 unspecified atom stereocenters. The minimum absolute atomic E-state index is 0.150. The normalized spacial score (nSPS) is 14.2. The number of thiophene rings is 1. The number of nitrogens with zero attached hydrogens (tertiary/aromatic N) is 2. The third-order valence-corrected chi connectivity index (χ3v) is 6.37. The first-order chi connectivity index (χ1) is 13.7. The molecule has 1 saturated heterocycles. The van der Waals surface area contributed by atoms with Gasteiger partial charge in [0.05, 0.1) is 30.2 Å². The van der Waals surface area contributed by atoms with Crippen LogP contribution in [0.1, 0.15) is 10.4 Å². The molecule has 3 heterocycles. The number of carbonyl (C=O) groups is 1. The summed E-state index contributed by atoms with van der Waals surface area (Å²) in [6.45, 7) is 3.18. The summed E-state index contributed by atoms with van der Waals surface area (Å²) in [5.74, 6) is -0.0856. The van der Waals surface area contributed by atoms with E-state index in [-0.39, 0.29) is 11.7 Å². The van der Waals surface area contributed by atoms with E-state index >= 15 is 0 Å². The molecule has 1 aliphatic rings. The summed E-state index contributed by atoms with van der Waals surface area (Å²) in [6.07, 6.45) is 0.421. The first kappa shape index (κ1) is 19.0. The number of morpholine rings is 1. The largest absolute Gasteiger partial charge is 0.378 e. The molecule has 1 N–H and O–H groups in total. The number of nitrogens with one attached hydrogen (secondary N) is 1. The van der Waals surface area contributed by atoms with Crippen LogP contribution in [0.3, 0.4) is 0 Å². The fraction of sp³-hybridized carbons (Fsp3) is 0.300. The van der Waals surface area contributed by atoms with Gasteiger partial charge in [0.1, 0.15) is 5.82 Å². The van der Waals surface area contributed by atoms with Crippen LogP contribution in [0.2, 0.25) is 0 Å². The predicted molar refractivity (Wildman–Crippen MR) is 110 cm³/mol. The quantitative estimate of drug-likeness (QED) is 0.658. The van der Waals surface area contributed by atoms with E-state index in [1.165, 1.54) is 23.5 Å². The van der Waals surface area contributed by atoms with Crippen LogP contribution < -0.4 is 5.32 Å². The Hall–Kier alpha value is -2.29. The van der Waals surface area contributed by atoms with Gasteiger partial charge in [0.2, 0.25) is 5.91 Å². The number of carbonyl (C=O) groups excluding carboxylic acids is 1. The van der Waals surface area contributed by atoms with Crippen molar-refractivity contribution in [1.29, 1.82) is 0 Å². The average Bonchev–Trinajstić information content (AvgIpc) is 3.38. The second-order valence-corrected chi connectivity index (χ2v) is 8.48. The number of halogens is 1. The number of aromatic nitrogens is 1. The molecule has 1 fully saturated rings. The molecule has 3 aromatic rings. The topological polar surface area (TPSA) is 54.5 Å². The molecule has 0 radical (unpaired) electrons. The fourth-order valence-corrected chi connectivity index (χ4v) is 4.68. The Bertz CT molecular complexity index is 933. The van der Waals surface area contributed by atoms with Gasteiger partial charge < -0.3 is 15.0 Å². The standard InChI is InChI=1S/C20H20FN3O2S2/c21-15-3-1-14(2-4-15)12-22-20-23-17(13-27-20)18-6-5-16(28-18)11-19(25)24-7-9-26-10-8-24/h1-6,13H,7-12H2,(H,22,23). The maximum Gasteiger partial charge on any atom is 0.227 e. The van der Waals surface area contributed by atoms with E-state index in [1.807, 2.05) is 22.4 Å². The highest BCUT2D eigenvalue weighted by molar-refractivity contribution is 7.17. The average molecular weight is 418 g/mol. The van der Waals surface area contributed by atoms with E-state index < -0.39 is 0 Å². The molecule has 1 aromatic carbocycles. The lowest BCUT2D eigenvalue weighted by Crippen LogP contribution is -2.41. The van der Waals surface area contributed by atoms with Gasteiger partial charge in [-0.15, -0.1) is 22.7 Å². The second kappa shape index (κ2) is 8.81. The number of hydrogen-bond donors (Lipinski definition) is 1. The predicted octanol–water partition coefficient (Wildman–Crippen LogP) is 4.02. The number of rotatable bonds is 6. The minimum Gasteiger partial charge on any atom is -0.378 e. The summed E-state index contributed by atoms with van der Waals surface area (Å²) in [4.78, 5) is 21.0. The highest BCUT2D eigenvalue weighted by Gasteiger charge is 2.18. The number of benzene rings is 1. The van der Waals surface area contributed by atoms with Crippen molar-refractivity contribution < 1.29 is 13.9 Å². The van der Waals surface area contributed by atoms with Crippen molar-refractivity contribution in [2.45, 2.75) is 13.0 Å². The molecule has 1 amide bonds. The maximum absolute atomic E-state index is 13.0. The Labute approximate surface area is 170 Å². The van der Waals surface area contributed by atoms with E-state index in [4.69, 9.17) is 4.74 Å². The number of amides is 1. The van der Waals surface area contributed by atoms with Gasteiger partial charge in [-0.1, -0.05) is 12.1 Å². The van der Waals surface area contributed by atoms with Gasteiger partial charge in [-0.05, 0) is 29.8 Å². The molecular formula is C20H20FN3O2S2. The van der Waals surface area contributed by atoms with Gasteiger partial charge in [-0.3, -0.25) is 4.79 Å². The Morgan fingerprint density at radius 3 is 2.75 bits per heavy atom. The summed E-state index contributed by atoms with van der Waals surface area (Å²) in [6, 6.07) is 10.4.